The second-order valence-corrected chi connectivity index (χ2v) is 6.22. The number of hydrogen-bond donors (Lipinski definition) is 0. The first kappa shape index (κ1) is 15.8. The molecule has 2 aromatic rings. The van der Waals surface area contributed by atoms with Crippen LogP contribution in [0, 0.1) is 6.92 Å². The van der Waals surface area contributed by atoms with Crippen molar-refractivity contribution in [3.63, 3.8) is 0 Å². The van der Waals surface area contributed by atoms with Crippen LogP contribution in [-0.2, 0) is 17.8 Å². The summed E-state index contributed by atoms with van der Waals surface area (Å²) in [6.45, 7) is 2.73. The van der Waals surface area contributed by atoms with Crippen molar-refractivity contribution in [1.29, 1.82) is 0 Å². The van der Waals surface area contributed by atoms with Gasteiger partial charge in [0.1, 0.15) is 0 Å². The van der Waals surface area contributed by atoms with E-state index >= 15 is 0 Å². The third-order valence-corrected chi connectivity index (χ3v) is 4.10. The van der Waals surface area contributed by atoms with Gasteiger partial charge in [-0.3, -0.25) is 4.79 Å². The minimum atomic E-state index is 0.179. The monoisotopic (exact) mass is 345 g/mol. The van der Waals surface area contributed by atoms with Gasteiger partial charge in [0.25, 0.3) is 0 Å². The molecule has 0 spiro atoms. The van der Waals surface area contributed by atoms with E-state index in [1.807, 2.05) is 43.4 Å². The van der Waals surface area contributed by atoms with E-state index in [2.05, 4.69) is 35.0 Å². The molecule has 0 radical (unpaired) electrons. The number of benzene rings is 2. The normalized spacial score (nSPS) is 10.4. The molecule has 0 fully saturated rings. The van der Waals surface area contributed by atoms with Gasteiger partial charge in [-0.05, 0) is 42.2 Å². The fourth-order valence-corrected chi connectivity index (χ4v) is 2.77. The van der Waals surface area contributed by atoms with Crippen molar-refractivity contribution in [3.05, 3.63) is 69.7 Å². The molecule has 0 atom stereocenters. The zero-order valence-electron chi connectivity index (χ0n) is 12.5. The summed E-state index contributed by atoms with van der Waals surface area (Å²) in [6.07, 6.45) is 1.35. The minimum absolute atomic E-state index is 0.179. The lowest BCUT2D eigenvalue weighted by atomic mass is 10.0. The molecule has 0 N–H and O–H groups in total. The summed E-state index contributed by atoms with van der Waals surface area (Å²) in [6, 6.07) is 16.3. The Morgan fingerprint density at radius 2 is 1.90 bits per heavy atom. The Morgan fingerprint density at radius 1 is 1.14 bits per heavy atom. The van der Waals surface area contributed by atoms with Crippen molar-refractivity contribution < 1.29 is 4.79 Å². The lowest BCUT2D eigenvalue weighted by Gasteiger charge is -2.17. The van der Waals surface area contributed by atoms with E-state index in [0.29, 0.717) is 13.0 Å². The van der Waals surface area contributed by atoms with Crippen LogP contribution in [0.1, 0.15) is 23.1 Å². The molecule has 0 unspecified atom stereocenters. The van der Waals surface area contributed by atoms with Gasteiger partial charge in [-0.2, -0.15) is 0 Å². The highest BCUT2D eigenvalue weighted by Crippen LogP contribution is 2.14. The number of carbonyl (C=O) groups excluding carboxylic acids is 1. The van der Waals surface area contributed by atoms with Gasteiger partial charge in [0.05, 0.1) is 0 Å². The average Bonchev–Trinajstić information content (AvgIpc) is 2.46. The van der Waals surface area contributed by atoms with Crippen LogP contribution in [-0.4, -0.2) is 17.9 Å². The Hall–Kier alpha value is -1.61. The van der Waals surface area contributed by atoms with Crippen LogP contribution in [0.3, 0.4) is 0 Å². The first-order valence-corrected chi connectivity index (χ1v) is 7.88. The molecule has 2 nitrogen and oxygen atoms in total. The second-order valence-electron chi connectivity index (χ2n) is 5.31. The number of carbonyl (C=O) groups is 1. The van der Waals surface area contributed by atoms with Crippen LogP contribution in [0.2, 0.25) is 0 Å². The number of rotatable bonds is 5. The summed E-state index contributed by atoms with van der Waals surface area (Å²) in [5.74, 6) is 0.179. The molecule has 0 bridgehead atoms. The number of halogens is 1. The van der Waals surface area contributed by atoms with E-state index in [9.17, 15) is 4.79 Å². The lowest BCUT2D eigenvalue weighted by Crippen LogP contribution is -2.26. The Morgan fingerprint density at radius 3 is 2.62 bits per heavy atom. The third-order valence-electron chi connectivity index (χ3n) is 3.60. The molecule has 0 aliphatic carbocycles. The van der Waals surface area contributed by atoms with Gasteiger partial charge in [-0.1, -0.05) is 52.3 Å². The average molecular weight is 346 g/mol. The third kappa shape index (κ3) is 4.71. The first-order valence-electron chi connectivity index (χ1n) is 7.09. The van der Waals surface area contributed by atoms with Gasteiger partial charge in [0, 0.05) is 24.5 Å². The molecule has 1 amide bonds. The number of nitrogens with zero attached hydrogens (tertiary/aromatic N) is 1. The van der Waals surface area contributed by atoms with Gasteiger partial charge >= 0.3 is 0 Å². The highest BCUT2D eigenvalue weighted by atomic mass is 79.9. The topological polar surface area (TPSA) is 20.3 Å². The maximum absolute atomic E-state index is 12.2. The van der Waals surface area contributed by atoms with Gasteiger partial charge in [0.2, 0.25) is 5.91 Å². The van der Waals surface area contributed by atoms with Crippen molar-refractivity contribution in [3.8, 4) is 0 Å². The zero-order chi connectivity index (χ0) is 15.2. The van der Waals surface area contributed by atoms with Crippen LogP contribution < -0.4 is 0 Å². The number of hydrogen-bond acceptors (Lipinski definition) is 1. The van der Waals surface area contributed by atoms with Gasteiger partial charge in [-0.15, -0.1) is 0 Å². The Balaban J connectivity index is 1.90. The summed E-state index contributed by atoms with van der Waals surface area (Å²) in [5, 5.41) is 0. The lowest BCUT2D eigenvalue weighted by molar-refractivity contribution is -0.130. The summed E-state index contributed by atoms with van der Waals surface area (Å²) in [7, 11) is 1.86. The van der Waals surface area contributed by atoms with Crippen LogP contribution in [0.5, 0.6) is 0 Å². The smallest absolute Gasteiger partial charge is 0.222 e. The van der Waals surface area contributed by atoms with E-state index in [-0.39, 0.29) is 5.91 Å². The predicted octanol–water partition coefficient (Wildman–Crippen LogP) is 4.35. The van der Waals surface area contributed by atoms with Gasteiger partial charge < -0.3 is 4.90 Å². The molecule has 110 valence electrons. The highest BCUT2D eigenvalue weighted by Gasteiger charge is 2.10. The summed E-state index contributed by atoms with van der Waals surface area (Å²) >= 11 is 3.45. The molecule has 2 aromatic carbocycles. The van der Waals surface area contributed by atoms with Gasteiger partial charge in [-0.25, -0.2) is 0 Å². The molecular weight excluding hydrogens is 326 g/mol. The largest absolute Gasteiger partial charge is 0.341 e. The molecule has 0 saturated carbocycles. The van der Waals surface area contributed by atoms with Crippen molar-refractivity contribution >= 4 is 21.8 Å². The van der Waals surface area contributed by atoms with E-state index in [0.717, 1.165) is 16.5 Å². The fraction of sp³-hybridized carbons (Fsp3) is 0.278. The SMILES string of the molecule is Cc1ccccc1CCC(=O)N(C)Cc1cccc(Br)c1. The summed E-state index contributed by atoms with van der Waals surface area (Å²) in [4.78, 5) is 14.0. The van der Waals surface area contributed by atoms with Crippen molar-refractivity contribution in [1.82, 2.24) is 4.90 Å². The molecule has 2 rings (SSSR count). The molecular formula is C18H20BrNO. The second kappa shape index (κ2) is 7.41. The molecule has 0 saturated heterocycles. The minimum Gasteiger partial charge on any atom is -0.341 e. The predicted molar refractivity (Wildman–Crippen MR) is 90.1 cm³/mol. The molecule has 0 aliphatic heterocycles. The number of aryl methyl sites for hydroxylation is 2. The van der Waals surface area contributed by atoms with E-state index < -0.39 is 0 Å². The summed E-state index contributed by atoms with van der Waals surface area (Å²) < 4.78 is 1.04. The Kier molecular flexibility index (Phi) is 5.57. The maximum atomic E-state index is 12.2. The van der Waals surface area contributed by atoms with Crippen LogP contribution in [0.25, 0.3) is 0 Å². The Bertz CT molecular complexity index is 624. The standard InChI is InChI=1S/C18H20BrNO/c1-14-6-3-4-8-16(14)10-11-18(21)20(2)13-15-7-5-9-17(19)12-15/h3-9,12H,10-11,13H2,1-2H3. The quantitative estimate of drug-likeness (QED) is 0.788. The van der Waals surface area contributed by atoms with Crippen molar-refractivity contribution in [2.24, 2.45) is 0 Å². The van der Waals surface area contributed by atoms with Crippen molar-refractivity contribution in [2.75, 3.05) is 7.05 Å². The molecule has 21 heavy (non-hydrogen) atoms. The molecule has 3 heteroatoms. The van der Waals surface area contributed by atoms with Crippen LogP contribution in [0.15, 0.2) is 53.0 Å². The van der Waals surface area contributed by atoms with Crippen LogP contribution >= 0.6 is 15.9 Å². The van der Waals surface area contributed by atoms with E-state index in [4.69, 9.17) is 0 Å². The van der Waals surface area contributed by atoms with E-state index in [1.165, 1.54) is 11.1 Å². The van der Waals surface area contributed by atoms with Crippen molar-refractivity contribution in [2.45, 2.75) is 26.3 Å². The van der Waals surface area contributed by atoms with E-state index in [1.54, 1.807) is 4.90 Å². The molecule has 0 aromatic heterocycles. The van der Waals surface area contributed by atoms with Crippen LogP contribution in [0.4, 0.5) is 0 Å². The molecule has 0 aliphatic rings. The summed E-state index contributed by atoms with van der Waals surface area (Å²) in [5.41, 5.74) is 3.64. The number of amides is 1. The van der Waals surface area contributed by atoms with Gasteiger partial charge in [0.15, 0.2) is 0 Å². The first-order chi connectivity index (χ1) is 10.1. The fourth-order valence-electron chi connectivity index (χ4n) is 2.32. The Labute approximate surface area is 134 Å². The maximum Gasteiger partial charge on any atom is 0.222 e. The zero-order valence-corrected chi connectivity index (χ0v) is 14.1. The highest BCUT2D eigenvalue weighted by molar-refractivity contribution is 9.10. The molecule has 0 heterocycles.